The SMILES string of the molecule is CCCCNC(=S)Nc1ccc(S(=O)(=O)O)cc1.CCCCNC(=S)Nc1ccccc1.CCCCSSCCCS(=O)(=O)O. The predicted molar refractivity (Wildman–Crippen MR) is 202 cm³/mol. The molecule has 0 amide bonds. The highest BCUT2D eigenvalue weighted by Crippen LogP contribution is 2.23. The zero-order valence-electron chi connectivity index (χ0n) is 26.2. The molecule has 0 aromatic heterocycles. The van der Waals surface area contributed by atoms with E-state index in [0.29, 0.717) is 22.3 Å². The molecule has 0 aliphatic carbocycles. The number of hydrogen-bond acceptors (Lipinski definition) is 8. The standard InChI is InChI=1S/C11H16N2O3S2.C11H16N2S.C7H16O3S3/c1-2-3-8-12-11(17)13-9-4-6-10(7-5-9)18(14,15)16;1-2-3-9-12-11(14)13-10-7-5-4-6-8-10;1-2-3-5-11-12-6-4-7-13(8,9)10/h4-7H,2-3,8H2,1H3,(H2,12,13,17)(H,14,15,16);4-8H,2-3,9H2,1H3,(H2,12,13,14);2-7H2,1H3,(H,8,9,10). The van der Waals surface area contributed by atoms with Crippen molar-refractivity contribution < 1.29 is 25.9 Å². The fourth-order valence-corrected chi connectivity index (χ4v) is 6.89. The number of anilines is 2. The maximum absolute atomic E-state index is 10.8. The summed E-state index contributed by atoms with van der Waals surface area (Å²) < 4.78 is 59.5. The van der Waals surface area contributed by atoms with Gasteiger partial charge in [-0.25, -0.2) is 0 Å². The lowest BCUT2D eigenvalue weighted by molar-refractivity contribution is 0.480. The molecule has 0 atom stereocenters. The first kappa shape index (κ1) is 43.3. The van der Waals surface area contributed by atoms with E-state index in [1.807, 2.05) is 30.3 Å². The zero-order chi connectivity index (χ0) is 34.0. The molecule has 2 aromatic rings. The van der Waals surface area contributed by atoms with Crippen molar-refractivity contribution in [3.8, 4) is 0 Å². The van der Waals surface area contributed by atoms with Crippen molar-refractivity contribution in [2.45, 2.75) is 70.6 Å². The van der Waals surface area contributed by atoms with Gasteiger partial charge in [-0.1, -0.05) is 79.8 Å². The highest BCUT2D eigenvalue weighted by atomic mass is 33.1. The maximum Gasteiger partial charge on any atom is 0.294 e. The van der Waals surface area contributed by atoms with Gasteiger partial charge in [-0.3, -0.25) is 9.11 Å². The molecule has 0 spiro atoms. The molecule has 0 saturated carbocycles. The average molecular weight is 741 g/mol. The van der Waals surface area contributed by atoms with Crippen molar-refractivity contribution in [2.24, 2.45) is 0 Å². The Morgan fingerprint density at radius 3 is 1.53 bits per heavy atom. The van der Waals surface area contributed by atoms with Crippen LogP contribution in [0.5, 0.6) is 0 Å². The van der Waals surface area contributed by atoms with Gasteiger partial charge in [-0.15, -0.1) is 0 Å². The first-order valence-electron chi connectivity index (χ1n) is 14.7. The number of hydrogen-bond donors (Lipinski definition) is 6. The van der Waals surface area contributed by atoms with Crippen molar-refractivity contribution in [2.75, 3.05) is 41.0 Å². The molecule has 0 saturated heterocycles. The maximum atomic E-state index is 10.8. The second-order valence-electron chi connectivity index (χ2n) is 9.47. The van der Waals surface area contributed by atoms with Gasteiger partial charge in [0.05, 0.1) is 10.6 Å². The Balaban J connectivity index is 0.000000657. The minimum atomic E-state index is -4.14. The third-order valence-corrected chi connectivity index (χ3v) is 10.1. The van der Waals surface area contributed by atoms with E-state index in [0.717, 1.165) is 49.5 Å². The summed E-state index contributed by atoms with van der Waals surface area (Å²) in [6, 6.07) is 15.6. The van der Waals surface area contributed by atoms with E-state index in [4.69, 9.17) is 33.5 Å². The molecule has 6 N–H and O–H groups in total. The third-order valence-electron chi connectivity index (χ3n) is 5.37. The summed E-state index contributed by atoms with van der Waals surface area (Å²) in [5.41, 5.74) is 1.69. The summed E-state index contributed by atoms with van der Waals surface area (Å²) >= 11 is 10.2. The summed E-state index contributed by atoms with van der Waals surface area (Å²) in [5, 5.41) is 13.4. The Hall–Kier alpha value is -1.66. The van der Waals surface area contributed by atoms with Gasteiger partial charge in [0.1, 0.15) is 0 Å². The molecule has 2 rings (SSSR count). The first-order chi connectivity index (χ1) is 21.3. The van der Waals surface area contributed by atoms with Gasteiger partial charge in [0.15, 0.2) is 10.2 Å². The van der Waals surface area contributed by atoms with E-state index in [1.165, 1.54) is 43.5 Å². The van der Waals surface area contributed by atoms with Crippen molar-refractivity contribution in [3.05, 3.63) is 54.6 Å². The third kappa shape index (κ3) is 27.2. The molecule has 256 valence electrons. The molecule has 0 aliphatic rings. The Bertz CT molecular complexity index is 1280. The zero-order valence-corrected chi connectivity index (χ0v) is 31.1. The number of thiocarbonyl (C=S) groups is 2. The lowest BCUT2D eigenvalue weighted by Crippen LogP contribution is -2.29. The number of benzene rings is 2. The van der Waals surface area contributed by atoms with Crippen molar-refractivity contribution >= 4 is 87.9 Å². The van der Waals surface area contributed by atoms with Crippen LogP contribution >= 0.6 is 46.0 Å². The van der Waals surface area contributed by atoms with E-state index in [-0.39, 0.29) is 10.6 Å². The average Bonchev–Trinajstić information content (AvgIpc) is 2.97. The minimum Gasteiger partial charge on any atom is -0.362 e. The highest BCUT2D eigenvalue weighted by molar-refractivity contribution is 8.76. The van der Waals surface area contributed by atoms with E-state index in [1.54, 1.807) is 21.6 Å². The van der Waals surface area contributed by atoms with E-state index < -0.39 is 20.2 Å². The summed E-state index contributed by atoms with van der Waals surface area (Å²) in [5.74, 6) is 1.79. The molecule has 10 nitrogen and oxygen atoms in total. The van der Waals surface area contributed by atoms with Crippen molar-refractivity contribution in [3.63, 3.8) is 0 Å². The fraction of sp³-hybridized carbons (Fsp3) is 0.517. The molecule has 2 aromatic carbocycles. The smallest absolute Gasteiger partial charge is 0.294 e. The van der Waals surface area contributed by atoms with Gasteiger partial charge in [-0.2, -0.15) is 16.8 Å². The van der Waals surface area contributed by atoms with E-state index >= 15 is 0 Å². The molecule has 45 heavy (non-hydrogen) atoms. The molecule has 0 heterocycles. The lowest BCUT2D eigenvalue weighted by Gasteiger charge is -2.10. The molecule has 0 bridgehead atoms. The van der Waals surface area contributed by atoms with Crippen LogP contribution in [0.3, 0.4) is 0 Å². The second kappa shape index (κ2) is 26.4. The Morgan fingerprint density at radius 1 is 0.667 bits per heavy atom. The van der Waals surface area contributed by atoms with Gasteiger partial charge < -0.3 is 21.3 Å². The van der Waals surface area contributed by atoms with Gasteiger partial charge in [0.25, 0.3) is 20.2 Å². The summed E-state index contributed by atoms with van der Waals surface area (Å²) in [7, 11) is -4.44. The van der Waals surface area contributed by atoms with Crippen LogP contribution in [0.15, 0.2) is 59.5 Å². The predicted octanol–water partition coefficient (Wildman–Crippen LogP) is 7.24. The van der Waals surface area contributed by atoms with Crippen LogP contribution in [-0.4, -0.2) is 66.5 Å². The largest absolute Gasteiger partial charge is 0.362 e. The Morgan fingerprint density at radius 2 is 1.11 bits per heavy atom. The lowest BCUT2D eigenvalue weighted by atomic mass is 10.3. The van der Waals surface area contributed by atoms with Crippen LogP contribution in [0.4, 0.5) is 11.4 Å². The van der Waals surface area contributed by atoms with Gasteiger partial charge in [0.2, 0.25) is 0 Å². The molecule has 0 radical (unpaired) electrons. The highest BCUT2D eigenvalue weighted by Gasteiger charge is 2.08. The van der Waals surface area contributed by atoms with Crippen molar-refractivity contribution in [1.82, 2.24) is 10.6 Å². The Labute approximate surface area is 289 Å². The Kier molecular flexibility index (Phi) is 25.4. The van der Waals surface area contributed by atoms with Crippen LogP contribution in [0, 0.1) is 0 Å². The summed E-state index contributed by atoms with van der Waals surface area (Å²) in [6.45, 7) is 8.13. The normalized spacial score (nSPS) is 10.8. The van der Waals surface area contributed by atoms with Crippen LogP contribution in [0.1, 0.15) is 65.7 Å². The van der Waals surface area contributed by atoms with E-state index in [9.17, 15) is 16.8 Å². The molecular formula is C29H48N4O6S6. The van der Waals surface area contributed by atoms with E-state index in [2.05, 4.69) is 42.0 Å². The van der Waals surface area contributed by atoms with Gasteiger partial charge >= 0.3 is 0 Å². The summed E-state index contributed by atoms with van der Waals surface area (Å²) in [4.78, 5) is -0.141. The minimum absolute atomic E-state index is 0.117. The monoisotopic (exact) mass is 740 g/mol. The van der Waals surface area contributed by atoms with Gasteiger partial charge in [0, 0.05) is 36.0 Å². The van der Waals surface area contributed by atoms with Crippen molar-refractivity contribution in [1.29, 1.82) is 0 Å². The fourth-order valence-electron chi connectivity index (χ4n) is 2.96. The van der Waals surface area contributed by atoms with Crippen LogP contribution in [0.25, 0.3) is 0 Å². The number of unbranched alkanes of at least 4 members (excludes halogenated alkanes) is 3. The molecule has 0 fully saturated rings. The van der Waals surface area contributed by atoms with Crippen LogP contribution in [-0.2, 0) is 20.2 Å². The van der Waals surface area contributed by atoms with Crippen LogP contribution < -0.4 is 21.3 Å². The number of nitrogens with one attached hydrogen (secondary N) is 4. The molecule has 0 aliphatic heterocycles. The quantitative estimate of drug-likeness (QED) is 0.0418. The first-order valence-corrected chi connectivity index (χ1v) is 21.1. The van der Waals surface area contributed by atoms with Gasteiger partial charge in [-0.05, 0) is 86.5 Å². The summed E-state index contributed by atoms with van der Waals surface area (Å²) in [6.07, 6.45) is 7.37. The molecule has 16 heteroatoms. The second-order valence-corrected chi connectivity index (χ2v) is 16.0. The molecule has 0 unspecified atom stereocenters. The molecular weight excluding hydrogens is 693 g/mol. The van der Waals surface area contributed by atoms with Crippen LogP contribution in [0.2, 0.25) is 0 Å². The number of para-hydroxylation sites is 1. The number of rotatable bonds is 17. The topological polar surface area (TPSA) is 157 Å².